The van der Waals surface area contributed by atoms with E-state index in [2.05, 4.69) is 319 Å². The van der Waals surface area contributed by atoms with Crippen molar-refractivity contribution < 1.29 is 40.2 Å². The van der Waals surface area contributed by atoms with Crippen LogP contribution in [0, 0.1) is 36.4 Å². The zero-order valence-electron chi connectivity index (χ0n) is 62.5. The first-order chi connectivity index (χ1) is 56.5. The Morgan fingerprint density at radius 3 is 0.647 bits per heavy atom. The van der Waals surface area contributed by atoms with Crippen molar-refractivity contribution in [1.82, 2.24) is 29.9 Å². The number of pyridine rings is 6. The zero-order chi connectivity index (χ0) is 75.9. The summed E-state index contributed by atoms with van der Waals surface area (Å²) in [5, 5.41) is 0. The Bertz CT molecular complexity index is 5930. The topological polar surface area (TPSA) is 77.3 Å². The van der Waals surface area contributed by atoms with Crippen molar-refractivity contribution in [2.75, 3.05) is 0 Å². The average molecular weight is 1830 g/mol. The predicted molar refractivity (Wildman–Crippen MR) is 464 cm³/mol. The quantitative estimate of drug-likeness (QED) is 0.0797. The molecule has 6 aromatic heterocycles. The normalized spacial score (nSPS) is 11.0. The zero-order valence-corrected chi connectivity index (χ0v) is 67.2. The summed E-state index contributed by atoms with van der Waals surface area (Å²) in [5.74, 6) is 0. The minimum Gasteiger partial charge on any atom is -0.353 e. The van der Waals surface area contributed by atoms with Crippen molar-refractivity contribution in [1.29, 1.82) is 0 Å². The summed E-state index contributed by atoms with van der Waals surface area (Å²) in [6.07, 6.45) is 11.4. The van der Waals surface area contributed by atoms with Crippen LogP contribution in [0.4, 0.5) is 0 Å². The van der Waals surface area contributed by atoms with Crippen LogP contribution < -0.4 is 0 Å². The van der Waals surface area contributed by atoms with Crippen molar-refractivity contribution in [3.05, 3.63) is 438 Å². The number of rotatable bonds is 18. The summed E-state index contributed by atoms with van der Waals surface area (Å²) in [4.78, 5) is 29.3. The van der Waals surface area contributed by atoms with Gasteiger partial charge >= 0.3 is 40.2 Å². The van der Waals surface area contributed by atoms with E-state index in [-0.39, 0.29) is 40.2 Å². The SMILES string of the molecule is [Ir+3].[Ir+3].[c-]1cc(-c2ccccc2-c2cc(-c3ccccc3-c3c[c-]c(-c4ccccn4)cc3)cc(-c3ccccc3-c3c[c-]c(-c4ccccn4)cc3)c2)ccc1-c1c[c-]c(-c2ccc(-c3ccccc3-c3cc(-c4ccccc4-c4ccc(-c5[c-]cccc5)nc4)cc(-c4ccccc4-c4ccc(-c5[c-]cccc5)nc4)c3)cn2)cn1. The fraction of sp³-hybridized carbons (Fsp3) is 0. The second kappa shape index (κ2) is 34.2. The van der Waals surface area contributed by atoms with Gasteiger partial charge in [0.15, 0.2) is 0 Å². The van der Waals surface area contributed by atoms with E-state index in [4.69, 9.17) is 19.9 Å². The Hall–Kier alpha value is -13.9. The molecular weight excluding hydrogens is 1770 g/mol. The van der Waals surface area contributed by atoms with Gasteiger partial charge in [-0.05, 0) is 183 Å². The largest absolute Gasteiger partial charge is 3.00 e. The second-order valence-corrected chi connectivity index (χ2v) is 28.0. The molecule has 0 saturated carbocycles. The van der Waals surface area contributed by atoms with Crippen molar-refractivity contribution in [3.63, 3.8) is 0 Å². The van der Waals surface area contributed by atoms with Crippen LogP contribution >= 0.6 is 0 Å². The summed E-state index contributed by atoms with van der Waals surface area (Å²) in [6.45, 7) is 0. The molecule has 0 saturated heterocycles. The van der Waals surface area contributed by atoms with E-state index in [9.17, 15) is 0 Å². The molecule has 0 bridgehead atoms. The molecule has 13 aromatic carbocycles. The third-order valence-electron chi connectivity index (χ3n) is 21.0. The molecule has 8 heteroatoms. The van der Waals surface area contributed by atoms with Gasteiger partial charge in [-0.2, -0.15) is 0 Å². The molecule has 0 radical (unpaired) electrons. The summed E-state index contributed by atoms with van der Waals surface area (Å²) < 4.78 is 0. The van der Waals surface area contributed by atoms with E-state index in [0.717, 1.165) is 201 Å². The molecule has 0 unspecified atom stereocenters. The van der Waals surface area contributed by atoms with Gasteiger partial charge in [0.25, 0.3) is 0 Å². The Kier molecular flexibility index (Phi) is 22.0. The van der Waals surface area contributed by atoms with Crippen LogP contribution in [-0.4, -0.2) is 29.9 Å². The van der Waals surface area contributed by atoms with Gasteiger partial charge in [-0.25, -0.2) is 0 Å². The number of hydrogen-bond donors (Lipinski definition) is 0. The Balaban J connectivity index is 0.00000484. The van der Waals surface area contributed by atoms with E-state index >= 15 is 0 Å². The van der Waals surface area contributed by atoms with Crippen LogP contribution in [0.3, 0.4) is 0 Å². The van der Waals surface area contributed by atoms with Crippen LogP contribution in [0.1, 0.15) is 0 Å². The van der Waals surface area contributed by atoms with Crippen LogP contribution in [0.25, 0.3) is 201 Å². The number of hydrogen-bond acceptors (Lipinski definition) is 6. The smallest absolute Gasteiger partial charge is 0.353 e. The van der Waals surface area contributed by atoms with Crippen LogP contribution in [0.15, 0.2) is 401 Å². The van der Waals surface area contributed by atoms with E-state index in [0.29, 0.717) is 0 Å². The van der Waals surface area contributed by atoms with Crippen molar-refractivity contribution >= 4 is 0 Å². The van der Waals surface area contributed by atoms with Gasteiger partial charge in [0, 0.05) is 31.0 Å². The maximum atomic E-state index is 5.12. The second-order valence-electron chi connectivity index (χ2n) is 28.0. The van der Waals surface area contributed by atoms with Gasteiger partial charge in [0.05, 0.1) is 0 Å². The molecule has 546 valence electrons. The van der Waals surface area contributed by atoms with Gasteiger partial charge in [0.2, 0.25) is 0 Å². The molecule has 0 aliphatic rings. The maximum absolute atomic E-state index is 5.12. The summed E-state index contributed by atoms with van der Waals surface area (Å²) >= 11 is 0. The van der Waals surface area contributed by atoms with Gasteiger partial charge in [0.1, 0.15) is 0 Å². The fourth-order valence-corrected chi connectivity index (χ4v) is 15.3. The number of benzene rings is 13. The standard InChI is InChI=1S/C108H66N6.2Ir/c1-3-23-76(24-4-1)105-57-53-81(69-111-105)94-30-10-16-36-100(94)88-66-89(101-37-17-11-31-95(101)82-54-58-106(112-70-82)77-25-5-2-6-26-77)68-90(67-88)102-38-18-12-32-96(102)83-55-59-108(113-71-83)84-56-60-107(114-72-84)80-51-45-75(46-52-80)93-29-9-15-35-99(93)87-64-85(97-33-13-7-27-91(97)73-41-47-78(48-42-73)103-39-19-21-61-109-103)63-86(65-87)98-34-14-8-28-92(98)74-43-49-79(50-44-74)104-40-20-22-62-110-104;;/h1-23,25,27-47,49,51,53-55,57-72H;;/q-6;2*+3. The third-order valence-corrected chi connectivity index (χ3v) is 21.0. The van der Waals surface area contributed by atoms with Crippen molar-refractivity contribution in [2.24, 2.45) is 0 Å². The van der Waals surface area contributed by atoms with Gasteiger partial charge < -0.3 is 29.9 Å². The average Bonchev–Trinajstić information content (AvgIpc) is 0.770. The molecule has 19 aromatic rings. The first-order valence-corrected chi connectivity index (χ1v) is 38.0. The molecular formula is C108H66Ir2N6. The van der Waals surface area contributed by atoms with Gasteiger partial charge in [-0.15, -0.1) is 179 Å². The molecule has 0 spiro atoms. The first kappa shape index (κ1) is 74.8. The molecule has 0 amide bonds. The monoisotopic (exact) mass is 1830 g/mol. The Morgan fingerprint density at radius 2 is 0.397 bits per heavy atom. The van der Waals surface area contributed by atoms with Crippen molar-refractivity contribution in [2.45, 2.75) is 0 Å². The van der Waals surface area contributed by atoms with E-state index < -0.39 is 0 Å². The fourth-order valence-electron chi connectivity index (χ4n) is 15.3. The molecule has 6 nitrogen and oxygen atoms in total. The molecule has 19 rings (SSSR count). The number of nitrogens with zero attached hydrogens (tertiary/aromatic N) is 6. The van der Waals surface area contributed by atoms with Crippen LogP contribution in [-0.2, 0) is 40.2 Å². The van der Waals surface area contributed by atoms with Crippen LogP contribution in [0.5, 0.6) is 0 Å². The minimum absolute atomic E-state index is 0. The Morgan fingerprint density at radius 1 is 0.155 bits per heavy atom. The van der Waals surface area contributed by atoms with Crippen molar-refractivity contribution in [3.8, 4) is 201 Å². The predicted octanol–water partition coefficient (Wildman–Crippen LogP) is 26.9. The third kappa shape index (κ3) is 15.7. The van der Waals surface area contributed by atoms with Gasteiger partial charge in [-0.1, -0.05) is 246 Å². The maximum Gasteiger partial charge on any atom is 3.00 e. The van der Waals surface area contributed by atoms with Gasteiger partial charge in [-0.3, -0.25) is 0 Å². The van der Waals surface area contributed by atoms with E-state index in [1.807, 2.05) is 128 Å². The summed E-state index contributed by atoms with van der Waals surface area (Å²) in [5.41, 5.74) is 36.1. The first-order valence-electron chi connectivity index (χ1n) is 38.0. The summed E-state index contributed by atoms with van der Waals surface area (Å²) in [7, 11) is 0. The minimum atomic E-state index is 0. The number of aromatic nitrogens is 6. The molecule has 0 fully saturated rings. The molecule has 116 heavy (non-hydrogen) atoms. The summed E-state index contributed by atoms with van der Waals surface area (Å²) in [6, 6.07) is 148. The molecule has 0 aliphatic carbocycles. The molecule has 6 heterocycles. The molecule has 0 N–H and O–H groups in total. The van der Waals surface area contributed by atoms with E-state index in [1.165, 1.54) is 0 Å². The Labute approximate surface area is 703 Å². The molecule has 0 atom stereocenters. The molecule has 0 aliphatic heterocycles. The van der Waals surface area contributed by atoms with E-state index in [1.54, 1.807) is 0 Å². The van der Waals surface area contributed by atoms with Crippen LogP contribution in [0.2, 0.25) is 0 Å².